The van der Waals surface area contributed by atoms with Crippen molar-refractivity contribution >= 4 is 34.6 Å². The molecule has 0 bridgehead atoms. The van der Waals surface area contributed by atoms with Gasteiger partial charge >= 0.3 is 6.03 Å². The highest BCUT2D eigenvalue weighted by molar-refractivity contribution is 7.99. The van der Waals surface area contributed by atoms with Crippen LogP contribution >= 0.6 is 11.8 Å². The summed E-state index contributed by atoms with van der Waals surface area (Å²) in [6.45, 7) is 5.12. The van der Waals surface area contributed by atoms with Crippen molar-refractivity contribution in [3.8, 4) is 5.69 Å². The van der Waals surface area contributed by atoms with Gasteiger partial charge in [0.2, 0.25) is 5.91 Å². The fourth-order valence-electron chi connectivity index (χ4n) is 3.54. The minimum atomic E-state index is -0.380. The zero-order valence-electron chi connectivity index (χ0n) is 17.5. The molecular weight excluding hydrogens is 412 g/mol. The van der Waals surface area contributed by atoms with E-state index >= 15 is 0 Å². The van der Waals surface area contributed by atoms with Crippen molar-refractivity contribution < 1.29 is 9.59 Å². The Labute approximate surface area is 184 Å². The summed E-state index contributed by atoms with van der Waals surface area (Å²) in [4.78, 5) is 43.5. The highest BCUT2D eigenvalue weighted by atomic mass is 32.2. The summed E-state index contributed by atoms with van der Waals surface area (Å²) in [5, 5.41) is 3.57. The van der Waals surface area contributed by atoms with E-state index in [9.17, 15) is 14.4 Å². The molecule has 0 aliphatic carbocycles. The van der Waals surface area contributed by atoms with Crippen LogP contribution in [0.3, 0.4) is 0 Å². The molecule has 2 heterocycles. The molecule has 1 aliphatic heterocycles. The van der Waals surface area contributed by atoms with Crippen LogP contribution in [0.15, 0.2) is 58.5 Å². The van der Waals surface area contributed by atoms with E-state index in [0.717, 1.165) is 18.2 Å². The number of imide groups is 1. The largest absolute Gasteiger partial charge is 0.336 e. The Balaban J connectivity index is 1.72. The SMILES string of the molecule is CC[C@@H](C)c1ccc(-n2c(SCC(=O)N3CCNC3=O)nc3ccccc3c2=O)cc1. The molecule has 8 heteroatoms. The number of carbonyl (C=O) groups excluding carboxylic acids is 2. The molecule has 3 amide bonds. The van der Waals surface area contributed by atoms with Gasteiger partial charge in [0.25, 0.3) is 5.56 Å². The molecule has 0 saturated carbocycles. The van der Waals surface area contributed by atoms with Crippen molar-refractivity contribution in [2.24, 2.45) is 0 Å². The Kier molecular flexibility index (Phi) is 6.08. The Hall–Kier alpha value is -3.13. The van der Waals surface area contributed by atoms with Gasteiger partial charge in [0, 0.05) is 13.1 Å². The highest BCUT2D eigenvalue weighted by Crippen LogP contribution is 2.24. The molecule has 2 aromatic carbocycles. The lowest BCUT2D eigenvalue weighted by atomic mass is 9.98. The van der Waals surface area contributed by atoms with Crippen LogP contribution in [-0.2, 0) is 4.79 Å². The molecule has 7 nitrogen and oxygen atoms in total. The monoisotopic (exact) mass is 436 g/mol. The maximum absolute atomic E-state index is 13.3. The molecule has 1 saturated heterocycles. The molecule has 1 fully saturated rings. The number of thioether (sulfide) groups is 1. The van der Waals surface area contributed by atoms with Gasteiger partial charge in [-0.1, -0.05) is 49.9 Å². The van der Waals surface area contributed by atoms with Crippen LogP contribution in [0.2, 0.25) is 0 Å². The number of nitrogens with one attached hydrogen (secondary N) is 1. The molecule has 1 atom stereocenters. The molecular formula is C23H24N4O3S. The molecule has 0 unspecified atom stereocenters. The Bertz CT molecular complexity index is 1190. The number of hydrogen-bond acceptors (Lipinski definition) is 5. The Morgan fingerprint density at radius 3 is 2.58 bits per heavy atom. The molecule has 4 rings (SSSR count). The third kappa shape index (κ3) is 4.20. The number of rotatable bonds is 6. The standard InChI is InChI=1S/C23H24N4O3S/c1-3-15(2)16-8-10-17(11-9-16)27-21(29)18-6-4-5-7-19(18)25-23(27)31-14-20(28)26-13-12-24-22(26)30/h4-11,15H,3,12-14H2,1-2H3,(H,24,30)/t15-/m1/s1. The first kappa shape index (κ1) is 21.1. The smallest absolute Gasteiger partial charge is 0.324 e. The number of carbonyl (C=O) groups is 2. The predicted molar refractivity (Wildman–Crippen MR) is 122 cm³/mol. The molecule has 3 aromatic rings. The van der Waals surface area contributed by atoms with Gasteiger partial charge in [-0.15, -0.1) is 0 Å². The number of aromatic nitrogens is 2. The Morgan fingerprint density at radius 1 is 1.16 bits per heavy atom. The van der Waals surface area contributed by atoms with Gasteiger partial charge in [-0.05, 0) is 42.2 Å². The van der Waals surface area contributed by atoms with Gasteiger partial charge in [0.1, 0.15) is 0 Å². The van der Waals surface area contributed by atoms with Crippen molar-refractivity contribution in [2.45, 2.75) is 31.3 Å². The lowest BCUT2D eigenvalue weighted by Gasteiger charge is -2.16. The maximum atomic E-state index is 13.3. The summed E-state index contributed by atoms with van der Waals surface area (Å²) in [5.74, 6) is 0.142. The number of hydrogen-bond donors (Lipinski definition) is 1. The summed E-state index contributed by atoms with van der Waals surface area (Å²) < 4.78 is 1.55. The summed E-state index contributed by atoms with van der Waals surface area (Å²) in [7, 11) is 0. The van der Waals surface area contributed by atoms with E-state index in [1.54, 1.807) is 16.7 Å². The average molecular weight is 437 g/mol. The number of benzene rings is 2. The molecule has 1 aromatic heterocycles. The van der Waals surface area contributed by atoms with E-state index in [-0.39, 0.29) is 23.3 Å². The van der Waals surface area contributed by atoms with Crippen LogP contribution < -0.4 is 10.9 Å². The van der Waals surface area contributed by atoms with Crippen LogP contribution in [0.5, 0.6) is 0 Å². The summed E-state index contributed by atoms with van der Waals surface area (Å²) in [6, 6.07) is 14.7. The summed E-state index contributed by atoms with van der Waals surface area (Å²) in [6.07, 6.45) is 1.03. The topological polar surface area (TPSA) is 84.3 Å². The first-order chi connectivity index (χ1) is 15.0. The predicted octanol–water partition coefficient (Wildman–Crippen LogP) is 3.54. The van der Waals surface area contributed by atoms with Gasteiger partial charge < -0.3 is 5.32 Å². The van der Waals surface area contributed by atoms with E-state index in [0.29, 0.717) is 40.8 Å². The minimum Gasteiger partial charge on any atom is -0.336 e. The molecule has 0 radical (unpaired) electrons. The van der Waals surface area contributed by atoms with Gasteiger partial charge in [0.05, 0.1) is 22.3 Å². The second-order valence-electron chi connectivity index (χ2n) is 7.52. The summed E-state index contributed by atoms with van der Waals surface area (Å²) >= 11 is 1.16. The fourth-order valence-corrected chi connectivity index (χ4v) is 4.43. The third-order valence-electron chi connectivity index (χ3n) is 5.56. The normalized spacial score (nSPS) is 14.6. The van der Waals surface area contributed by atoms with Crippen LogP contribution in [-0.4, -0.2) is 45.2 Å². The number of urea groups is 1. The van der Waals surface area contributed by atoms with E-state index in [4.69, 9.17) is 0 Å². The van der Waals surface area contributed by atoms with Crippen LogP contribution in [0.1, 0.15) is 31.7 Å². The number of amides is 3. The van der Waals surface area contributed by atoms with E-state index in [2.05, 4.69) is 24.1 Å². The minimum absolute atomic E-state index is 0.0170. The first-order valence-electron chi connectivity index (χ1n) is 10.3. The van der Waals surface area contributed by atoms with Crippen molar-refractivity contribution in [2.75, 3.05) is 18.8 Å². The van der Waals surface area contributed by atoms with Gasteiger partial charge in [0.15, 0.2) is 5.16 Å². The zero-order chi connectivity index (χ0) is 22.0. The van der Waals surface area contributed by atoms with Crippen molar-refractivity contribution in [3.63, 3.8) is 0 Å². The highest BCUT2D eigenvalue weighted by Gasteiger charge is 2.26. The van der Waals surface area contributed by atoms with Crippen LogP contribution in [0, 0.1) is 0 Å². The second-order valence-corrected chi connectivity index (χ2v) is 8.46. The van der Waals surface area contributed by atoms with Crippen LogP contribution in [0.25, 0.3) is 16.6 Å². The lowest BCUT2D eigenvalue weighted by molar-refractivity contribution is -0.124. The number of para-hydroxylation sites is 1. The lowest BCUT2D eigenvalue weighted by Crippen LogP contribution is -2.35. The van der Waals surface area contributed by atoms with Gasteiger partial charge in [-0.3, -0.25) is 19.1 Å². The van der Waals surface area contributed by atoms with Crippen molar-refractivity contribution in [1.29, 1.82) is 0 Å². The van der Waals surface area contributed by atoms with E-state index in [1.807, 2.05) is 36.4 Å². The van der Waals surface area contributed by atoms with Gasteiger partial charge in [-0.25, -0.2) is 9.78 Å². The Morgan fingerprint density at radius 2 is 1.90 bits per heavy atom. The van der Waals surface area contributed by atoms with Crippen molar-refractivity contribution in [3.05, 3.63) is 64.4 Å². The molecule has 31 heavy (non-hydrogen) atoms. The third-order valence-corrected chi connectivity index (χ3v) is 6.48. The quantitative estimate of drug-likeness (QED) is 0.472. The first-order valence-corrected chi connectivity index (χ1v) is 11.3. The average Bonchev–Trinajstić information content (AvgIpc) is 3.23. The zero-order valence-corrected chi connectivity index (χ0v) is 18.3. The molecule has 160 valence electrons. The van der Waals surface area contributed by atoms with Crippen LogP contribution in [0.4, 0.5) is 4.79 Å². The summed E-state index contributed by atoms with van der Waals surface area (Å²) in [5.41, 5.74) is 2.30. The molecule has 1 aliphatic rings. The number of nitrogens with zero attached hydrogens (tertiary/aromatic N) is 3. The van der Waals surface area contributed by atoms with Gasteiger partial charge in [-0.2, -0.15) is 0 Å². The maximum Gasteiger partial charge on any atom is 0.324 e. The molecule has 0 spiro atoms. The second kappa shape index (κ2) is 8.93. The van der Waals surface area contributed by atoms with E-state index < -0.39 is 0 Å². The fraction of sp³-hybridized carbons (Fsp3) is 0.304. The van der Waals surface area contributed by atoms with E-state index in [1.165, 1.54) is 10.5 Å². The van der Waals surface area contributed by atoms with Crippen molar-refractivity contribution in [1.82, 2.24) is 19.8 Å². The number of fused-ring (bicyclic) bond motifs is 1. The molecule has 1 N–H and O–H groups in total.